The van der Waals surface area contributed by atoms with E-state index in [0.29, 0.717) is 0 Å². The molecule has 0 fully saturated rings. The second kappa shape index (κ2) is 10.1. The SMILES string of the molecule is CC1(C)c2cc(-c3cc4ccccc4s3)ccc2-c2cc3c(cc21)-c1cc2c(cc1C3(C)C)-c1ccc(C3Nc4ccccc4C3S)cc1C2(C)C. The summed E-state index contributed by atoms with van der Waals surface area (Å²) >= 11 is 6.99. The predicted molar refractivity (Wildman–Crippen MR) is 224 cm³/mol. The number of benzene rings is 6. The summed E-state index contributed by atoms with van der Waals surface area (Å²) in [7, 11) is 0. The topological polar surface area (TPSA) is 12.0 Å². The van der Waals surface area contributed by atoms with Crippen molar-refractivity contribution in [2.75, 3.05) is 5.32 Å². The lowest BCUT2D eigenvalue weighted by atomic mass is 9.78. The molecule has 0 spiro atoms. The van der Waals surface area contributed by atoms with Crippen molar-refractivity contribution in [1.82, 2.24) is 0 Å². The number of thiophene rings is 1. The molecule has 3 aliphatic carbocycles. The van der Waals surface area contributed by atoms with Gasteiger partial charge in [-0.3, -0.25) is 0 Å². The Labute approximate surface area is 316 Å². The number of thiol groups is 1. The van der Waals surface area contributed by atoms with Crippen LogP contribution in [0.3, 0.4) is 0 Å². The van der Waals surface area contributed by atoms with E-state index in [0.717, 1.165) is 0 Å². The zero-order chi connectivity index (χ0) is 35.5. The third kappa shape index (κ3) is 3.91. The fourth-order valence-corrected chi connectivity index (χ4v) is 11.8. The van der Waals surface area contributed by atoms with Crippen LogP contribution in [0.25, 0.3) is 53.9 Å². The van der Waals surface area contributed by atoms with Crippen LogP contribution < -0.4 is 5.32 Å². The maximum Gasteiger partial charge on any atom is 0.0671 e. The van der Waals surface area contributed by atoms with Crippen molar-refractivity contribution in [3.05, 3.63) is 160 Å². The Bertz CT molecular complexity index is 2690. The summed E-state index contributed by atoms with van der Waals surface area (Å²) < 4.78 is 1.35. The Morgan fingerprint density at radius 2 is 1.04 bits per heavy atom. The first-order valence-corrected chi connectivity index (χ1v) is 20.0. The zero-order valence-corrected chi connectivity index (χ0v) is 32.2. The van der Waals surface area contributed by atoms with Crippen LogP contribution in [-0.2, 0) is 16.2 Å². The molecule has 11 rings (SSSR count). The molecule has 254 valence electrons. The molecular weight excluding hydrogens is 667 g/mol. The van der Waals surface area contributed by atoms with Crippen LogP contribution >= 0.6 is 24.0 Å². The zero-order valence-electron chi connectivity index (χ0n) is 30.5. The highest BCUT2D eigenvalue weighted by molar-refractivity contribution is 7.80. The largest absolute Gasteiger partial charge is 0.377 e. The highest BCUT2D eigenvalue weighted by Gasteiger charge is 2.45. The summed E-state index contributed by atoms with van der Waals surface area (Å²) in [6, 6.07) is 44.4. The van der Waals surface area contributed by atoms with Gasteiger partial charge in [0.15, 0.2) is 0 Å². The minimum absolute atomic E-state index is 0.0965. The number of fused-ring (bicyclic) bond motifs is 11. The molecule has 1 aliphatic heterocycles. The summed E-state index contributed by atoms with van der Waals surface area (Å²) in [5.41, 5.74) is 21.8. The van der Waals surface area contributed by atoms with E-state index < -0.39 is 0 Å². The summed E-state index contributed by atoms with van der Waals surface area (Å²) in [5.74, 6) is 0. The molecule has 7 aromatic rings. The molecule has 1 nitrogen and oxygen atoms in total. The van der Waals surface area contributed by atoms with Crippen molar-refractivity contribution in [1.29, 1.82) is 0 Å². The van der Waals surface area contributed by atoms with Gasteiger partial charge < -0.3 is 5.32 Å². The van der Waals surface area contributed by atoms with Gasteiger partial charge in [0, 0.05) is 31.5 Å². The van der Waals surface area contributed by atoms with E-state index in [9.17, 15) is 0 Å². The van der Waals surface area contributed by atoms with Crippen molar-refractivity contribution < 1.29 is 0 Å². The number of nitrogens with one attached hydrogen (secondary N) is 1. The van der Waals surface area contributed by atoms with Crippen molar-refractivity contribution in [2.24, 2.45) is 0 Å². The number of para-hydroxylation sites is 1. The van der Waals surface area contributed by atoms with Crippen LogP contribution in [0, 0.1) is 0 Å². The van der Waals surface area contributed by atoms with Gasteiger partial charge in [-0.15, -0.1) is 11.3 Å². The van der Waals surface area contributed by atoms with E-state index in [1.165, 1.54) is 104 Å². The maximum absolute atomic E-state index is 5.09. The first-order chi connectivity index (χ1) is 24.9. The molecule has 4 aliphatic rings. The standard InChI is InChI=1S/C49H41NS2/c1-47(2)36-19-27(44-21-26-11-7-10-14-43(26)52-44)15-17-29(36)32-22-40-34(24-38(32)47)35-25-39-33(23-41(35)49(40,5)6)30-18-16-28(20-37(30)48(39,3)4)45-46(51)31-12-8-9-13-42(31)50-45/h7-25,45-46,50-51H,1-6H3. The van der Waals surface area contributed by atoms with E-state index >= 15 is 0 Å². The van der Waals surface area contributed by atoms with Crippen molar-refractivity contribution in [3.63, 3.8) is 0 Å². The summed E-state index contributed by atoms with van der Waals surface area (Å²) in [6.07, 6.45) is 0. The molecule has 52 heavy (non-hydrogen) atoms. The molecule has 1 aromatic heterocycles. The molecule has 2 unspecified atom stereocenters. The van der Waals surface area contributed by atoms with Crippen LogP contribution in [-0.4, -0.2) is 0 Å². The fourth-order valence-electron chi connectivity index (χ4n) is 10.3. The van der Waals surface area contributed by atoms with E-state index in [1.807, 2.05) is 11.3 Å². The van der Waals surface area contributed by atoms with Gasteiger partial charge in [-0.25, -0.2) is 0 Å². The van der Waals surface area contributed by atoms with Crippen LogP contribution in [0.1, 0.15) is 97.3 Å². The normalized spacial score (nSPS) is 20.1. The monoisotopic (exact) mass is 707 g/mol. The second-order valence-corrected chi connectivity index (χ2v) is 18.8. The first-order valence-electron chi connectivity index (χ1n) is 18.6. The molecule has 2 atom stereocenters. The molecule has 2 heterocycles. The van der Waals surface area contributed by atoms with Crippen molar-refractivity contribution in [2.45, 2.75) is 69.1 Å². The van der Waals surface area contributed by atoms with Crippen molar-refractivity contribution in [3.8, 4) is 43.8 Å². The minimum Gasteiger partial charge on any atom is -0.377 e. The number of hydrogen-bond donors (Lipinski definition) is 2. The molecule has 1 N–H and O–H groups in total. The summed E-state index contributed by atoms with van der Waals surface area (Å²) in [6.45, 7) is 14.5. The number of hydrogen-bond acceptors (Lipinski definition) is 3. The molecule has 0 amide bonds. The highest BCUT2D eigenvalue weighted by Crippen LogP contribution is 2.60. The maximum atomic E-state index is 5.09. The van der Waals surface area contributed by atoms with Gasteiger partial charge in [0.1, 0.15) is 0 Å². The van der Waals surface area contributed by atoms with Gasteiger partial charge in [-0.1, -0.05) is 108 Å². The highest BCUT2D eigenvalue weighted by atomic mass is 32.1. The Balaban J connectivity index is 1.00. The van der Waals surface area contributed by atoms with Gasteiger partial charge in [-0.2, -0.15) is 12.6 Å². The first kappa shape index (κ1) is 31.0. The molecule has 0 saturated carbocycles. The summed E-state index contributed by atoms with van der Waals surface area (Å²) in [5, 5.41) is 5.22. The Kier molecular flexibility index (Phi) is 6.02. The lowest BCUT2D eigenvalue weighted by molar-refractivity contribution is 0.648. The lowest BCUT2D eigenvalue weighted by Gasteiger charge is -2.25. The van der Waals surface area contributed by atoms with Crippen LogP contribution in [0.2, 0.25) is 0 Å². The minimum atomic E-state index is -0.116. The Morgan fingerprint density at radius 1 is 0.519 bits per heavy atom. The summed E-state index contributed by atoms with van der Waals surface area (Å²) in [4.78, 5) is 1.34. The third-order valence-corrected chi connectivity index (χ3v) is 15.0. The quantitative estimate of drug-likeness (QED) is 0.171. The van der Waals surface area contributed by atoms with Gasteiger partial charge in [0.25, 0.3) is 0 Å². The fraction of sp³-hybridized carbons (Fsp3) is 0.224. The van der Waals surface area contributed by atoms with Gasteiger partial charge in [0.2, 0.25) is 0 Å². The van der Waals surface area contributed by atoms with Gasteiger partial charge in [0.05, 0.1) is 11.3 Å². The molecule has 0 saturated heterocycles. The molecule has 0 radical (unpaired) electrons. The molecule has 0 bridgehead atoms. The molecular formula is C49H41NS2. The van der Waals surface area contributed by atoms with E-state index in [4.69, 9.17) is 12.6 Å². The smallest absolute Gasteiger partial charge is 0.0671 e. The van der Waals surface area contributed by atoms with Crippen LogP contribution in [0.15, 0.2) is 115 Å². The van der Waals surface area contributed by atoms with Crippen molar-refractivity contribution >= 4 is 39.7 Å². The Hall–Kier alpha value is -4.57. The average molecular weight is 708 g/mol. The van der Waals surface area contributed by atoms with E-state index in [2.05, 4.69) is 162 Å². The number of anilines is 1. The number of rotatable bonds is 2. The average Bonchev–Trinajstić information content (AvgIpc) is 3.89. The third-order valence-electron chi connectivity index (χ3n) is 13.3. The predicted octanol–water partition coefficient (Wildman–Crippen LogP) is 13.6. The van der Waals surface area contributed by atoms with Crippen LogP contribution in [0.5, 0.6) is 0 Å². The van der Waals surface area contributed by atoms with Gasteiger partial charge >= 0.3 is 0 Å². The molecule has 6 aromatic carbocycles. The molecule has 3 heteroatoms. The van der Waals surface area contributed by atoms with E-state index in [1.54, 1.807) is 0 Å². The Morgan fingerprint density at radius 3 is 1.65 bits per heavy atom. The van der Waals surface area contributed by atoms with Gasteiger partial charge in [-0.05, 0) is 137 Å². The lowest BCUT2D eigenvalue weighted by Crippen LogP contribution is -2.17. The van der Waals surface area contributed by atoms with Crippen LogP contribution in [0.4, 0.5) is 5.69 Å². The second-order valence-electron chi connectivity index (χ2n) is 17.1. The van der Waals surface area contributed by atoms with E-state index in [-0.39, 0.29) is 27.5 Å².